The van der Waals surface area contributed by atoms with Crippen LogP contribution in [0.3, 0.4) is 0 Å². The summed E-state index contributed by atoms with van der Waals surface area (Å²) in [6, 6.07) is 10.1. The minimum absolute atomic E-state index is 0.0925. The second-order valence-corrected chi connectivity index (χ2v) is 6.68. The lowest BCUT2D eigenvalue weighted by atomic mass is 10.0. The minimum Gasteiger partial charge on any atom is -0.496 e. The molecular formula is C14H15BrClNOS. The van der Waals surface area contributed by atoms with Gasteiger partial charge < -0.3 is 10.1 Å². The molecule has 0 aliphatic rings. The number of ether oxygens (including phenoxy) is 1. The summed E-state index contributed by atoms with van der Waals surface area (Å²) in [6.45, 7) is 2.96. The van der Waals surface area contributed by atoms with E-state index in [1.807, 2.05) is 18.2 Å². The molecule has 1 N–H and O–H groups in total. The van der Waals surface area contributed by atoms with Crippen molar-refractivity contribution in [2.24, 2.45) is 0 Å². The van der Waals surface area contributed by atoms with Gasteiger partial charge in [-0.15, -0.1) is 11.3 Å². The van der Waals surface area contributed by atoms with Crippen molar-refractivity contribution in [2.75, 3.05) is 13.7 Å². The Morgan fingerprint density at radius 1 is 1.37 bits per heavy atom. The molecule has 1 aromatic heterocycles. The van der Waals surface area contributed by atoms with E-state index in [2.05, 4.69) is 40.3 Å². The van der Waals surface area contributed by atoms with Crippen LogP contribution >= 0.6 is 38.9 Å². The zero-order chi connectivity index (χ0) is 13.8. The van der Waals surface area contributed by atoms with Gasteiger partial charge in [0.1, 0.15) is 5.75 Å². The second kappa shape index (κ2) is 6.75. The highest BCUT2D eigenvalue weighted by Crippen LogP contribution is 2.36. The number of hydrogen-bond acceptors (Lipinski definition) is 3. The maximum atomic E-state index is 6.05. The van der Waals surface area contributed by atoms with Gasteiger partial charge in [-0.05, 0) is 36.9 Å². The molecule has 0 aliphatic carbocycles. The van der Waals surface area contributed by atoms with Crippen LogP contribution in [0.15, 0.2) is 34.8 Å². The van der Waals surface area contributed by atoms with Gasteiger partial charge in [-0.2, -0.15) is 0 Å². The zero-order valence-corrected chi connectivity index (χ0v) is 13.9. The van der Waals surface area contributed by atoms with Crippen LogP contribution in [0.5, 0.6) is 5.75 Å². The molecule has 1 unspecified atom stereocenters. The first-order valence-corrected chi connectivity index (χ1v) is 7.96. The molecular weight excluding hydrogens is 346 g/mol. The second-order valence-electron chi connectivity index (χ2n) is 4.02. The van der Waals surface area contributed by atoms with Gasteiger partial charge in [-0.1, -0.05) is 34.5 Å². The molecule has 2 nitrogen and oxygen atoms in total. The highest BCUT2D eigenvalue weighted by Gasteiger charge is 2.19. The van der Waals surface area contributed by atoms with Crippen LogP contribution in [0.1, 0.15) is 23.4 Å². The quantitative estimate of drug-likeness (QED) is 0.821. The molecule has 5 heteroatoms. The fraction of sp³-hybridized carbons (Fsp3) is 0.286. The zero-order valence-electron chi connectivity index (χ0n) is 10.7. The van der Waals surface area contributed by atoms with Crippen molar-refractivity contribution < 1.29 is 4.74 Å². The predicted octanol–water partition coefficient (Wildman–Crippen LogP) is 4.87. The van der Waals surface area contributed by atoms with E-state index in [4.69, 9.17) is 16.3 Å². The minimum atomic E-state index is 0.0925. The Morgan fingerprint density at radius 2 is 2.16 bits per heavy atom. The molecule has 2 aromatic rings. The maximum absolute atomic E-state index is 6.05. The lowest BCUT2D eigenvalue weighted by Crippen LogP contribution is -2.21. The molecule has 102 valence electrons. The Morgan fingerprint density at radius 3 is 2.74 bits per heavy atom. The van der Waals surface area contributed by atoms with E-state index in [9.17, 15) is 0 Å². The van der Waals surface area contributed by atoms with E-state index in [-0.39, 0.29) is 6.04 Å². The number of nitrogens with one attached hydrogen (secondary N) is 1. The van der Waals surface area contributed by atoms with Crippen LogP contribution in [0.25, 0.3) is 0 Å². The molecule has 0 fully saturated rings. The van der Waals surface area contributed by atoms with Crippen molar-refractivity contribution >= 4 is 38.9 Å². The molecule has 2 rings (SSSR count). The van der Waals surface area contributed by atoms with Gasteiger partial charge in [0.15, 0.2) is 0 Å². The molecule has 0 bridgehead atoms. The van der Waals surface area contributed by atoms with E-state index in [0.717, 1.165) is 26.7 Å². The molecule has 0 saturated carbocycles. The van der Waals surface area contributed by atoms with Crippen LogP contribution in [-0.2, 0) is 0 Å². The Hall–Kier alpha value is -0.550. The monoisotopic (exact) mass is 359 g/mol. The lowest BCUT2D eigenvalue weighted by molar-refractivity contribution is 0.404. The number of thiophene rings is 1. The normalized spacial score (nSPS) is 12.4. The number of benzene rings is 1. The molecule has 0 amide bonds. The van der Waals surface area contributed by atoms with Crippen LogP contribution in [-0.4, -0.2) is 13.7 Å². The van der Waals surface area contributed by atoms with Crippen molar-refractivity contribution in [1.29, 1.82) is 0 Å². The Bertz CT molecular complexity index is 558. The van der Waals surface area contributed by atoms with E-state index >= 15 is 0 Å². The highest BCUT2D eigenvalue weighted by molar-refractivity contribution is 9.10. The Kier molecular flexibility index (Phi) is 5.28. The van der Waals surface area contributed by atoms with Crippen molar-refractivity contribution in [3.63, 3.8) is 0 Å². The fourth-order valence-corrected chi connectivity index (χ4v) is 3.52. The smallest absolute Gasteiger partial charge is 0.124 e. The van der Waals surface area contributed by atoms with Crippen LogP contribution in [0.2, 0.25) is 4.34 Å². The van der Waals surface area contributed by atoms with Gasteiger partial charge in [0, 0.05) is 14.9 Å². The summed E-state index contributed by atoms with van der Waals surface area (Å²) in [5.41, 5.74) is 1.11. The highest BCUT2D eigenvalue weighted by atomic mass is 79.9. The third-order valence-corrected chi connectivity index (χ3v) is 4.58. The van der Waals surface area contributed by atoms with E-state index in [0.29, 0.717) is 0 Å². The summed E-state index contributed by atoms with van der Waals surface area (Å²) >= 11 is 11.2. The Labute approximate surface area is 130 Å². The SMILES string of the molecule is CCNC(c1ccc(Cl)s1)c1cc(Br)ccc1OC. The number of hydrogen-bond donors (Lipinski definition) is 1. The lowest BCUT2D eigenvalue weighted by Gasteiger charge is -2.20. The molecule has 0 aliphatic heterocycles. The summed E-state index contributed by atoms with van der Waals surface area (Å²) in [4.78, 5) is 1.18. The van der Waals surface area contributed by atoms with Gasteiger partial charge in [0.05, 0.1) is 17.5 Å². The van der Waals surface area contributed by atoms with Crippen molar-refractivity contribution in [1.82, 2.24) is 5.32 Å². The first-order valence-electron chi connectivity index (χ1n) is 5.97. The third-order valence-electron chi connectivity index (χ3n) is 2.79. The van der Waals surface area contributed by atoms with Gasteiger partial charge in [0.25, 0.3) is 0 Å². The van der Waals surface area contributed by atoms with Crippen molar-refractivity contribution in [2.45, 2.75) is 13.0 Å². The average Bonchev–Trinajstić information content (AvgIpc) is 2.82. The standard InChI is InChI=1S/C14H15BrClNOS/c1-3-17-14(12-6-7-13(16)19-12)10-8-9(15)4-5-11(10)18-2/h4-8,14,17H,3H2,1-2H3. The molecule has 1 aromatic carbocycles. The van der Waals surface area contributed by atoms with E-state index < -0.39 is 0 Å². The Balaban J connectivity index is 2.46. The predicted molar refractivity (Wildman–Crippen MR) is 85.5 cm³/mol. The number of rotatable bonds is 5. The third kappa shape index (κ3) is 3.51. The average molecular weight is 361 g/mol. The molecule has 0 saturated heterocycles. The molecule has 0 spiro atoms. The number of halogens is 2. The molecule has 0 radical (unpaired) electrons. The van der Waals surface area contributed by atoms with Crippen molar-refractivity contribution in [3.8, 4) is 5.75 Å². The molecule has 1 heterocycles. The van der Waals surface area contributed by atoms with Crippen LogP contribution in [0, 0.1) is 0 Å². The summed E-state index contributed by atoms with van der Waals surface area (Å²) in [6.07, 6.45) is 0. The van der Waals surface area contributed by atoms with Crippen molar-refractivity contribution in [3.05, 3.63) is 49.6 Å². The van der Waals surface area contributed by atoms with Crippen LogP contribution in [0.4, 0.5) is 0 Å². The van der Waals surface area contributed by atoms with Gasteiger partial charge in [-0.25, -0.2) is 0 Å². The van der Waals surface area contributed by atoms with Crippen LogP contribution < -0.4 is 10.1 Å². The summed E-state index contributed by atoms with van der Waals surface area (Å²) in [7, 11) is 1.69. The first kappa shape index (κ1) is 14.9. The maximum Gasteiger partial charge on any atom is 0.124 e. The van der Waals surface area contributed by atoms with E-state index in [1.165, 1.54) is 4.88 Å². The summed E-state index contributed by atoms with van der Waals surface area (Å²) < 4.78 is 7.30. The molecule has 1 atom stereocenters. The number of methoxy groups -OCH3 is 1. The van der Waals surface area contributed by atoms with Gasteiger partial charge in [0.2, 0.25) is 0 Å². The summed E-state index contributed by atoms with van der Waals surface area (Å²) in [5, 5.41) is 3.48. The van der Waals surface area contributed by atoms with Gasteiger partial charge in [-0.3, -0.25) is 0 Å². The largest absolute Gasteiger partial charge is 0.496 e. The molecule has 19 heavy (non-hydrogen) atoms. The van der Waals surface area contributed by atoms with E-state index in [1.54, 1.807) is 18.4 Å². The summed E-state index contributed by atoms with van der Waals surface area (Å²) in [5.74, 6) is 0.874. The first-order chi connectivity index (χ1) is 9.15. The fourth-order valence-electron chi connectivity index (χ4n) is 1.98. The topological polar surface area (TPSA) is 21.3 Å². The van der Waals surface area contributed by atoms with Gasteiger partial charge >= 0.3 is 0 Å².